The number of thioether (sulfide) groups is 1. The normalized spacial score (nSPS) is 24.4. The van der Waals surface area contributed by atoms with Gasteiger partial charge in [-0.3, -0.25) is 9.59 Å². The Morgan fingerprint density at radius 3 is 2.70 bits per heavy atom. The molecule has 1 aromatic heterocycles. The summed E-state index contributed by atoms with van der Waals surface area (Å²) in [6.45, 7) is 5.19. The predicted molar refractivity (Wildman–Crippen MR) is 112 cm³/mol. The van der Waals surface area contributed by atoms with Gasteiger partial charge >= 0.3 is 5.97 Å². The highest BCUT2D eigenvalue weighted by molar-refractivity contribution is 8.01. The fraction of sp³-hybridized carbons (Fsp3) is 0.368. The van der Waals surface area contributed by atoms with E-state index < -0.39 is 45.8 Å². The fourth-order valence-corrected chi connectivity index (χ4v) is 6.46. The molecule has 0 bridgehead atoms. The Balaban J connectivity index is 1.62. The Morgan fingerprint density at radius 2 is 2.07 bits per heavy atom. The number of hydrogen-bond acceptors (Lipinski definition) is 6. The third-order valence-electron chi connectivity index (χ3n) is 5.25. The molecule has 2 fully saturated rings. The first kappa shape index (κ1) is 21.1. The Kier molecular flexibility index (Phi) is 5.06. The molecule has 2 aliphatic heterocycles. The SMILES string of the molecule is Cc1snc(-c2c(F)cccc2Cl)c1C(=O)NC1C(=O)N2C1SC(C)(C)C2C(=O)O. The first-order chi connectivity index (χ1) is 14.0. The van der Waals surface area contributed by atoms with Gasteiger partial charge in [-0.2, -0.15) is 4.37 Å². The van der Waals surface area contributed by atoms with Crippen LogP contribution in [0.15, 0.2) is 18.2 Å². The zero-order valence-electron chi connectivity index (χ0n) is 16.1. The number of benzene rings is 1. The lowest BCUT2D eigenvalue weighted by molar-refractivity contribution is -0.159. The molecule has 2 saturated heterocycles. The van der Waals surface area contributed by atoms with Crippen LogP contribution in [0.2, 0.25) is 5.02 Å². The first-order valence-electron chi connectivity index (χ1n) is 8.99. The summed E-state index contributed by atoms with van der Waals surface area (Å²) in [5, 5.41) is 11.8. The lowest BCUT2D eigenvalue weighted by Crippen LogP contribution is -2.70. The number of aryl methyl sites for hydroxylation is 1. The van der Waals surface area contributed by atoms with Crippen LogP contribution in [0.25, 0.3) is 11.3 Å². The maximum Gasteiger partial charge on any atom is 0.327 e. The van der Waals surface area contributed by atoms with Crippen LogP contribution in [-0.4, -0.2) is 54.4 Å². The van der Waals surface area contributed by atoms with Gasteiger partial charge in [-0.25, -0.2) is 9.18 Å². The van der Waals surface area contributed by atoms with Gasteiger partial charge in [-0.1, -0.05) is 17.7 Å². The molecule has 0 saturated carbocycles. The second-order valence-corrected chi connectivity index (χ2v) is 10.8. The molecule has 2 aliphatic rings. The summed E-state index contributed by atoms with van der Waals surface area (Å²) in [6.07, 6.45) is 0. The summed E-state index contributed by atoms with van der Waals surface area (Å²) in [7, 11) is 0. The topological polar surface area (TPSA) is 99.6 Å². The molecule has 0 radical (unpaired) electrons. The van der Waals surface area contributed by atoms with Crippen molar-refractivity contribution in [3.8, 4) is 11.3 Å². The standard InChI is InChI=1S/C19H17ClFN3O4S2/c1-7-10(12(23-30-7)11-8(20)5-4-6-9(11)21)15(25)22-13-16(26)24-14(18(27)28)19(2,3)29-17(13)24/h4-6,13-14,17H,1-3H3,(H,22,25)(H,27,28). The van der Waals surface area contributed by atoms with Crippen molar-refractivity contribution >= 4 is 52.7 Å². The first-order valence-corrected chi connectivity index (χ1v) is 11.0. The van der Waals surface area contributed by atoms with E-state index in [1.807, 2.05) is 0 Å². The molecule has 30 heavy (non-hydrogen) atoms. The number of amides is 2. The van der Waals surface area contributed by atoms with E-state index in [2.05, 4.69) is 9.69 Å². The van der Waals surface area contributed by atoms with Crippen LogP contribution in [0, 0.1) is 12.7 Å². The number of nitrogens with one attached hydrogen (secondary N) is 1. The summed E-state index contributed by atoms with van der Waals surface area (Å²) >= 11 is 8.50. The van der Waals surface area contributed by atoms with E-state index in [1.54, 1.807) is 20.8 Å². The number of aromatic nitrogens is 1. The van der Waals surface area contributed by atoms with Gasteiger partial charge in [0.15, 0.2) is 0 Å². The van der Waals surface area contributed by atoms with Gasteiger partial charge in [-0.05, 0) is 44.4 Å². The quantitative estimate of drug-likeness (QED) is 0.667. The van der Waals surface area contributed by atoms with Gasteiger partial charge < -0.3 is 15.3 Å². The van der Waals surface area contributed by atoms with Gasteiger partial charge in [0, 0.05) is 9.62 Å². The monoisotopic (exact) mass is 469 g/mol. The van der Waals surface area contributed by atoms with Crippen molar-refractivity contribution in [1.82, 2.24) is 14.6 Å². The van der Waals surface area contributed by atoms with Gasteiger partial charge in [-0.15, -0.1) is 11.8 Å². The van der Waals surface area contributed by atoms with E-state index in [4.69, 9.17) is 11.6 Å². The number of fused-ring (bicyclic) bond motifs is 1. The molecule has 2 N–H and O–H groups in total. The molecular weight excluding hydrogens is 453 g/mol. The average Bonchev–Trinajstić information content (AvgIpc) is 3.14. The largest absolute Gasteiger partial charge is 0.480 e. The summed E-state index contributed by atoms with van der Waals surface area (Å²) < 4.78 is 17.9. The molecule has 158 valence electrons. The third kappa shape index (κ3) is 3.09. The van der Waals surface area contributed by atoms with E-state index in [0.717, 1.165) is 11.5 Å². The minimum Gasteiger partial charge on any atom is -0.480 e. The predicted octanol–water partition coefficient (Wildman–Crippen LogP) is 3.16. The van der Waals surface area contributed by atoms with Crippen molar-refractivity contribution in [3.63, 3.8) is 0 Å². The lowest BCUT2D eigenvalue weighted by Gasteiger charge is -2.43. The third-order valence-corrected chi connectivity index (χ3v) is 7.89. The Bertz CT molecular complexity index is 1070. The lowest BCUT2D eigenvalue weighted by atomic mass is 9.95. The molecule has 1 aromatic carbocycles. The number of aliphatic carboxylic acids is 1. The summed E-state index contributed by atoms with van der Waals surface area (Å²) in [5.41, 5.74) is 0.289. The zero-order chi connectivity index (χ0) is 22.0. The van der Waals surface area contributed by atoms with Gasteiger partial charge in [0.25, 0.3) is 5.91 Å². The van der Waals surface area contributed by atoms with Crippen molar-refractivity contribution < 1.29 is 23.9 Å². The molecule has 0 aliphatic carbocycles. The molecule has 3 unspecified atom stereocenters. The maximum absolute atomic E-state index is 14.4. The molecule has 4 rings (SSSR count). The van der Waals surface area contributed by atoms with E-state index in [1.165, 1.54) is 34.9 Å². The molecule has 2 aromatic rings. The van der Waals surface area contributed by atoms with Crippen LogP contribution in [0.4, 0.5) is 4.39 Å². The number of hydrogen-bond donors (Lipinski definition) is 2. The van der Waals surface area contributed by atoms with Crippen LogP contribution in [-0.2, 0) is 9.59 Å². The number of carbonyl (C=O) groups excluding carboxylic acids is 2. The highest BCUT2D eigenvalue weighted by Gasteiger charge is 2.64. The highest BCUT2D eigenvalue weighted by atomic mass is 35.5. The second kappa shape index (κ2) is 7.21. The summed E-state index contributed by atoms with van der Waals surface area (Å²) in [6, 6.07) is 2.36. The van der Waals surface area contributed by atoms with Crippen LogP contribution >= 0.6 is 34.9 Å². The van der Waals surface area contributed by atoms with Crippen LogP contribution in [0.5, 0.6) is 0 Å². The van der Waals surface area contributed by atoms with Gasteiger partial charge in [0.2, 0.25) is 5.91 Å². The number of carboxylic acids is 1. The fourth-order valence-electron chi connectivity index (χ4n) is 3.89. The molecular formula is C19H17ClFN3O4S2. The zero-order valence-corrected chi connectivity index (χ0v) is 18.5. The van der Waals surface area contributed by atoms with Gasteiger partial charge in [0.05, 0.1) is 16.1 Å². The number of halogens is 2. The van der Waals surface area contributed by atoms with Crippen LogP contribution in [0.1, 0.15) is 29.1 Å². The summed E-state index contributed by atoms with van der Waals surface area (Å²) in [4.78, 5) is 39.2. The minimum absolute atomic E-state index is 0.0255. The van der Waals surface area contributed by atoms with Gasteiger partial charge in [0.1, 0.15) is 29.0 Å². The number of carboxylic acid groups (broad SMARTS) is 1. The summed E-state index contributed by atoms with van der Waals surface area (Å²) in [5.74, 6) is -2.72. The molecule has 3 atom stereocenters. The Hall–Kier alpha value is -2.17. The molecule has 0 spiro atoms. The number of rotatable bonds is 4. The van der Waals surface area contributed by atoms with Crippen molar-refractivity contribution in [2.75, 3.05) is 0 Å². The van der Waals surface area contributed by atoms with Crippen molar-refractivity contribution in [2.24, 2.45) is 0 Å². The molecule has 11 heteroatoms. The van der Waals surface area contributed by atoms with Crippen molar-refractivity contribution in [1.29, 1.82) is 0 Å². The molecule has 3 heterocycles. The van der Waals surface area contributed by atoms with Crippen LogP contribution in [0.3, 0.4) is 0 Å². The van der Waals surface area contributed by atoms with E-state index >= 15 is 0 Å². The van der Waals surface area contributed by atoms with Crippen LogP contribution < -0.4 is 5.32 Å². The maximum atomic E-state index is 14.4. The number of β-lactam (4-membered cyclic amide) rings is 1. The highest BCUT2D eigenvalue weighted by Crippen LogP contribution is 2.51. The number of nitrogens with zero attached hydrogens (tertiary/aromatic N) is 2. The van der Waals surface area contributed by atoms with E-state index in [9.17, 15) is 23.9 Å². The van der Waals surface area contributed by atoms with Crippen molar-refractivity contribution in [2.45, 2.75) is 43.0 Å². The average molecular weight is 470 g/mol. The van der Waals surface area contributed by atoms with E-state index in [0.29, 0.717) is 4.88 Å². The number of carbonyl (C=O) groups is 3. The van der Waals surface area contributed by atoms with E-state index in [-0.39, 0.29) is 21.8 Å². The molecule has 2 amide bonds. The Morgan fingerprint density at radius 1 is 1.37 bits per heavy atom. The van der Waals surface area contributed by atoms with Crippen molar-refractivity contribution in [3.05, 3.63) is 39.5 Å². The Labute approximate surface area is 184 Å². The smallest absolute Gasteiger partial charge is 0.327 e. The minimum atomic E-state index is -1.08. The second-order valence-electron chi connectivity index (χ2n) is 7.61. The molecule has 7 nitrogen and oxygen atoms in total.